The third-order valence-electron chi connectivity index (χ3n) is 3.19. The van der Waals surface area contributed by atoms with Gasteiger partial charge in [-0.3, -0.25) is 4.79 Å². The fourth-order valence-corrected chi connectivity index (χ4v) is 3.06. The monoisotopic (exact) mass is 310 g/mol. The van der Waals surface area contributed by atoms with Gasteiger partial charge in [0.25, 0.3) is 0 Å². The van der Waals surface area contributed by atoms with Crippen LogP contribution >= 0.6 is 0 Å². The Hall–Kier alpha value is -1.86. The number of nitrogens with one attached hydrogen (secondary N) is 2. The first-order chi connectivity index (χ1) is 10.0. The summed E-state index contributed by atoms with van der Waals surface area (Å²) in [6.07, 6.45) is 2.33. The summed E-state index contributed by atoms with van der Waals surface area (Å²) in [4.78, 5) is 14.1. The number of para-hydroxylation sites is 1. The SMILES string of the molecule is COC(=O)CCS(=O)(=O)NCCc1c[nH]c2ccccc12. The average Bonchev–Trinajstić information content (AvgIpc) is 2.88. The van der Waals surface area contributed by atoms with Crippen LogP contribution in [0.15, 0.2) is 30.5 Å². The van der Waals surface area contributed by atoms with Gasteiger partial charge >= 0.3 is 5.97 Å². The first-order valence-electron chi connectivity index (χ1n) is 6.61. The minimum Gasteiger partial charge on any atom is -0.469 e. The number of aromatic amines is 1. The van der Waals surface area contributed by atoms with Crippen LogP contribution in [-0.2, 0) is 26.0 Å². The molecule has 0 fully saturated rings. The Bertz CT molecular complexity index is 721. The van der Waals surface area contributed by atoms with Crippen molar-refractivity contribution in [1.82, 2.24) is 9.71 Å². The van der Waals surface area contributed by atoms with E-state index in [1.165, 1.54) is 7.11 Å². The van der Waals surface area contributed by atoms with E-state index in [1.807, 2.05) is 30.5 Å². The number of carbonyl (C=O) groups is 1. The van der Waals surface area contributed by atoms with Gasteiger partial charge in [0.05, 0.1) is 19.3 Å². The molecule has 0 unspecified atom stereocenters. The molecule has 0 aliphatic rings. The molecule has 0 bridgehead atoms. The number of methoxy groups -OCH3 is 1. The maximum Gasteiger partial charge on any atom is 0.306 e. The van der Waals surface area contributed by atoms with E-state index in [0.717, 1.165) is 16.5 Å². The van der Waals surface area contributed by atoms with E-state index in [4.69, 9.17) is 0 Å². The minimum atomic E-state index is -3.45. The molecule has 0 amide bonds. The van der Waals surface area contributed by atoms with Crippen molar-refractivity contribution >= 4 is 26.9 Å². The Kier molecular flexibility index (Phi) is 4.98. The topological polar surface area (TPSA) is 88.3 Å². The molecule has 0 saturated heterocycles. The van der Waals surface area contributed by atoms with Gasteiger partial charge in [-0.25, -0.2) is 13.1 Å². The lowest BCUT2D eigenvalue weighted by Gasteiger charge is -2.05. The van der Waals surface area contributed by atoms with Crippen molar-refractivity contribution in [3.05, 3.63) is 36.0 Å². The Balaban J connectivity index is 1.87. The summed E-state index contributed by atoms with van der Waals surface area (Å²) in [5.74, 6) is -0.787. The van der Waals surface area contributed by atoms with Gasteiger partial charge in [-0.15, -0.1) is 0 Å². The Morgan fingerprint density at radius 1 is 1.33 bits per heavy atom. The first kappa shape index (κ1) is 15.5. The van der Waals surface area contributed by atoms with Crippen LogP contribution in [0.2, 0.25) is 0 Å². The van der Waals surface area contributed by atoms with Crippen LogP contribution in [-0.4, -0.2) is 38.8 Å². The average molecular weight is 310 g/mol. The molecule has 0 aliphatic heterocycles. The number of ether oxygens (including phenoxy) is 1. The van der Waals surface area contributed by atoms with Crippen LogP contribution in [0.1, 0.15) is 12.0 Å². The molecule has 0 spiro atoms. The summed E-state index contributed by atoms with van der Waals surface area (Å²) in [5, 5.41) is 1.09. The Labute approximate surface area is 123 Å². The Morgan fingerprint density at radius 3 is 2.86 bits per heavy atom. The fourth-order valence-electron chi connectivity index (χ4n) is 2.07. The van der Waals surface area contributed by atoms with E-state index in [1.54, 1.807) is 0 Å². The summed E-state index contributed by atoms with van der Waals surface area (Å²) >= 11 is 0. The number of hydrogen-bond donors (Lipinski definition) is 2. The molecular weight excluding hydrogens is 292 g/mol. The molecule has 114 valence electrons. The highest BCUT2D eigenvalue weighted by molar-refractivity contribution is 7.89. The number of esters is 1. The van der Waals surface area contributed by atoms with Gasteiger partial charge in [-0.2, -0.15) is 0 Å². The summed E-state index contributed by atoms with van der Waals surface area (Å²) in [5.41, 5.74) is 2.09. The number of fused-ring (bicyclic) bond motifs is 1. The van der Waals surface area contributed by atoms with Crippen molar-refractivity contribution in [3.63, 3.8) is 0 Å². The van der Waals surface area contributed by atoms with E-state index in [0.29, 0.717) is 13.0 Å². The minimum absolute atomic E-state index is 0.140. The third kappa shape index (κ3) is 4.30. The summed E-state index contributed by atoms with van der Waals surface area (Å²) < 4.78 is 30.3. The lowest BCUT2D eigenvalue weighted by Crippen LogP contribution is -2.29. The van der Waals surface area contributed by atoms with Gasteiger partial charge < -0.3 is 9.72 Å². The number of aromatic nitrogens is 1. The van der Waals surface area contributed by atoms with E-state index in [2.05, 4.69) is 14.4 Å². The second-order valence-corrected chi connectivity index (χ2v) is 6.58. The lowest BCUT2D eigenvalue weighted by molar-refractivity contribution is -0.140. The molecule has 7 heteroatoms. The molecule has 0 saturated carbocycles. The Morgan fingerprint density at radius 2 is 2.10 bits per heavy atom. The summed E-state index contributed by atoms with van der Waals surface area (Å²) in [6, 6.07) is 7.85. The molecule has 0 radical (unpaired) electrons. The number of hydrogen-bond acceptors (Lipinski definition) is 4. The van der Waals surface area contributed by atoms with Crippen molar-refractivity contribution in [1.29, 1.82) is 0 Å². The van der Waals surface area contributed by atoms with Gasteiger partial charge in [-0.05, 0) is 18.1 Å². The number of sulfonamides is 1. The molecule has 21 heavy (non-hydrogen) atoms. The molecule has 2 rings (SSSR count). The van der Waals surface area contributed by atoms with Crippen LogP contribution in [0.5, 0.6) is 0 Å². The first-order valence-corrected chi connectivity index (χ1v) is 8.26. The van der Waals surface area contributed by atoms with Gasteiger partial charge in [0.15, 0.2) is 0 Å². The number of carbonyl (C=O) groups excluding carboxylic acids is 1. The van der Waals surface area contributed by atoms with Gasteiger partial charge in [0.2, 0.25) is 10.0 Å². The maximum atomic E-state index is 11.7. The molecule has 1 heterocycles. The zero-order valence-electron chi connectivity index (χ0n) is 11.8. The highest BCUT2D eigenvalue weighted by Crippen LogP contribution is 2.17. The van der Waals surface area contributed by atoms with E-state index in [9.17, 15) is 13.2 Å². The standard InChI is InChI=1S/C14H18N2O4S/c1-20-14(17)7-9-21(18,19)16-8-6-11-10-15-13-5-3-2-4-12(11)13/h2-5,10,15-16H,6-9H2,1H3. The normalized spacial score (nSPS) is 11.7. The highest BCUT2D eigenvalue weighted by atomic mass is 32.2. The molecule has 2 N–H and O–H groups in total. The van der Waals surface area contributed by atoms with Gasteiger partial charge in [-0.1, -0.05) is 18.2 Å². The largest absolute Gasteiger partial charge is 0.469 e. The number of rotatable bonds is 7. The van der Waals surface area contributed by atoms with Crippen LogP contribution in [0.3, 0.4) is 0 Å². The van der Waals surface area contributed by atoms with E-state index in [-0.39, 0.29) is 12.2 Å². The van der Waals surface area contributed by atoms with E-state index < -0.39 is 16.0 Å². The van der Waals surface area contributed by atoms with Crippen LogP contribution in [0.4, 0.5) is 0 Å². The highest BCUT2D eigenvalue weighted by Gasteiger charge is 2.13. The molecule has 0 atom stereocenters. The predicted octanol–water partition coefficient (Wildman–Crippen LogP) is 1.19. The van der Waals surface area contributed by atoms with Gasteiger partial charge in [0, 0.05) is 23.6 Å². The quantitative estimate of drug-likeness (QED) is 0.752. The zero-order chi connectivity index (χ0) is 15.3. The van der Waals surface area contributed by atoms with E-state index >= 15 is 0 Å². The van der Waals surface area contributed by atoms with Crippen molar-refractivity contribution in [2.75, 3.05) is 19.4 Å². The molecular formula is C14H18N2O4S. The molecule has 0 aliphatic carbocycles. The second-order valence-electron chi connectivity index (χ2n) is 4.65. The van der Waals surface area contributed by atoms with Crippen molar-refractivity contribution in [3.8, 4) is 0 Å². The molecule has 2 aromatic rings. The third-order valence-corrected chi connectivity index (χ3v) is 4.58. The molecule has 1 aromatic carbocycles. The molecule has 1 aromatic heterocycles. The smallest absolute Gasteiger partial charge is 0.306 e. The number of benzene rings is 1. The van der Waals surface area contributed by atoms with Crippen LogP contribution in [0, 0.1) is 0 Å². The maximum absolute atomic E-state index is 11.7. The van der Waals surface area contributed by atoms with Crippen LogP contribution < -0.4 is 4.72 Å². The predicted molar refractivity (Wildman–Crippen MR) is 80.4 cm³/mol. The zero-order valence-corrected chi connectivity index (χ0v) is 12.6. The van der Waals surface area contributed by atoms with Gasteiger partial charge in [0.1, 0.15) is 0 Å². The number of H-pyrrole nitrogens is 1. The second kappa shape index (κ2) is 6.73. The molecule has 6 nitrogen and oxygen atoms in total. The summed E-state index contributed by atoms with van der Waals surface area (Å²) in [7, 11) is -2.22. The van der Waals surface area contributed by atoms with Crippen molar-refractivity contribution in [2.24, 2.45) is 0 Å². The fraction of sp³-hybridized carbons (Fsp3) is 0.357. The van der Waals surface area contributed by atoms with Crippen molar-refractivity contribution < 1.29 is 17.9 Å². The lowest BCUT2D eigenvalue weighted by atomic mass is 10.1. The van der Waals surface area contributed by atoms with Crippen LogP contribution in [0.25, 0.3) is 10.9 Å². The van der Waals surface area contributed by atoms with Crippen molar-refractivity contribution in [2.45, 2.75) is 12.8 Å². The summed E-state index contributed by atoms with van der Waals surface area (Å²) in [6.45, 7) is 0.297.